The molecule has 1 aliphatic heterocycles. The van der Waals surface area contributed by atoms with E-state index in [0.717, 1.165) is 37.3 Å². The molecular weight excluding hydrogens is 395 g/mol. The summed E-state index contributed by atoms with van der Waals surface area (Å²) < 4.78 is 15.5. The highest BCUT2D eigenvalue weighted by molar-refractivity contribution is 6.00. The van der Waals surface area contributed by atoms with Crippen LogP contribution in [0.3, 0.4) is 0 Å². The number of halogens is 1. The molecule has 1 saturated heterocycles. The van der Waals surface area contributed by atoms with Gasteiger partial charge in [0, 0.05) is 31.1 Å². The van der Waals surface area contributed by atoms with Gasteiger partial charge in [0.1, 0.15) is 18.0 Å². The van der Waals surface area contributed by atoms with Crippen molar-refractivity contribution in [3.05, 3.63) is 54.0 Å². The van der Waals surface area contributed by atoms with Gasteiger partial charge in [0.05, 0.1) is 17.5 Å². The van der Waals surface area contributed by atoms with Crippen molar-refractivity contribution >= 4 is 5.91 Å². The monoisotopic (exact) mass is 422 g/mol. The third-order valence-electron chi connectivity index (χ3n) is 6.81. The van der Waals surface area contributed by atoms with Crippen LogP contribution in [0.4, 0.5) is 4.39 Å². The predicted molar refractivity (Wildman–Crippen MR) is 114 cm³/mol. The number of aromatic amines is 1. The van der Waals surface area contributed by atoms with Crippen molar-refractivity contribution in [3.8, 4) is 11.3 Å². The molecule has 1 spiro atoms. The summed E-state index contributed by atoms with van der Waals surface area (Å²) in [6, 6.07) is 6.10. The van der Waals surface area contributed by atoms with Crippen LogP contribution in [0.15, 0.2) is 36.8 Å². The molecule has 2 aliphatic rings. The van der Waals surface area contributed by atoms with E-state index in [1.54, 1.807) is 18.3 Å². The third kappa shape index (κ3) is 3.43. The van der Waals surface area contributed by atoms with Crippen LogP contribution >= 0.6 is 0 Å². The van der Waals surface area contributed by atoms with Crippen LogP contribution in [0.2, 0.25) is 0 Å². The number of benzene rings is 1. The molecule has 5 rings (SSSR count). The smallest absolute Gasteiger partial charge is 0.257 e. The van der Waals surface area contributed by atoms with Crippen molar-refractivity contribution in [3.63, 3.8) is 0 Å². The Bertz CT molecular complexity index is 1080. The second-order valence-corrected chi connectivity index (χ2v) is 9.36. The standard InChI is InChI=1S/C23H27FN6O/c1-15(2)11-30-14-26-28-21(30)19-12-29(13-23(19)8-3-9-23)22(31)18-10-25-27-20(18)16-4-6-17(24)7-5-16/h4-7,10,14-15,19H,3,8-9,11-13H2,1-2H3,(H,25,27). The Labute approximate surface area is 180 Å². The lowest BCUT2D eigenvalue weighted by Crippen LogP contribution is -2.38. The predicted octanol–water partition coefficient (Wildman–Crippen LogP) is 3.87. The van der Waals surface area contributed by atoms with E-state index in [-0.39, 0.29) is 23.1 Å². The highest BCUT2D eigenvalue weighted by Crippen LogP contribution is 2.55. The Morgan fingerprint density at radius 1 is 1.29 bits per heavy atom. The van der Waals surface area contributed by atoms with Gasteiger partial charge in [-0.2, -0.15) is 5.10 Å². The van der Waals surface area contributed by atoms with Gasteiger partial charge in [0.15, 0.2) is 0 Å². The number of hydrogen-bond acceptors (Lipinski definition) is 4. The lowest BCUT2D eigenvalue weighted by atomic mass is 9.62. The summed E-state index contributed by atoms with van der Waals surface area (Å²) in [6.07, 6.45) is 6.78. The molecule has 1 amide bonds. The van der Waals surface area contributed by atoms with Crippen LogP contribution in [0.5, 0.6) is 0 Å². The van der Waals surface area contributed by atoms with Gasteiger partial charge in [-0.15, -0.1) is 10.2 Å². The first-order valence-electron chi connectivity index (χ1n) is 10.9. The maximum atomic E-state index is 13.5. The molecule has 0 bridgehead atoms. The molecule has 1 aromatic carbocycles. The van der Waals surface area contributed by atoms with Crippen LogP contribution in [0.1, 0.15) is 55.2 Å². The number of carbonyl (C=O) groups excluding carboxylic acids is 1. The normalized spacial score (nSPS) is 19.9. The van der Waals surface area contributed by atoms with Crippen LogP contribution in [-0.2, 0) is 6.54 Å². The maximum absolute atomic E-state index is 13.5. The van der Waals surface area contributed by atoms with E-state index in [1.807, 2.05) is 11.2 Å². The average Bonchev–Trinajstić information content (AvgIpc) is 3.44. The van der Waals surface area contributed by atoms with Crippen molar-refractivity contribution in [1.82, 2.24) is 29.9 Å². The van der Waals surface area contributed by atoms with Gasteiger partial charge in [-0.3, -0.25) is 9.89 Å². The van der Waals surface area contributed by atoms with E-state index in [2.05, 4.69) is 38.8 Å². The van der Waals surface area contributed by atoms with E-state index in [1.165, 1.54) is 18.6 Å². The summed E-state index contributed by atoms with van der Waals surface area (Å²) in [5.74, 6) is 1.32. The van der Waals surface area contributed by atoms with E-state index >= 15 is 0 Å². The molecule has 1 unspecified atom stereocenters. The molecule has 1 N–H and O–H groups in total. The molecule has 2 fully saturated rings. The van der Waals surface area contributed by atoms with Crippen molar-refractivity contribution in [2.45, 2.75) is 45.6 Å². The summed E-state index contributed by atoms with van der Waals surface area (Å²) in [6.45, 7) is 6.59. The molecule has 1 aliphatic carbocycles. The molecule has 3 aromatic rings. The minimum absolute atomic E-state index is 0.0447. The average molecular weight is 423 g/mol. The Morgan fingerprint density at radius 3 is 2.74 bits per heavy atom. The van der Waals surface area contributed by atoms with Gasteiger partial charge >= 0.3 is 0 Å². The largest absolute Gasteiger partial charge is 0.337 e. The van der Waals surface area contributed by atoms with E-state index < -0.39 is 0 Å². The zero-order chi connectivity index (χ0) is 21.6. The quantitative estimate of drug-likeness (QED) is 0.677. The molecule has 2 aromatic heterocycles. The fourth-order valence-corrected chi connectivity index (χ4v) is 5.14. The van der Waals surface area contributed by atoms with E-state index in [4.69, 9.17) is 0 Å². The number of aromatic nitrogens is 5. The highest BCUT2D eigenvalue weighted by atomic mass is 19.1. The van der Waals surface area contributed by atoms with Crippen molar-refractivity contribution in [1.29, 1.82) is 0 Å². The van der Waals surface area contributed by atoms with Gasteiger partial charge in [0.25, 0.3) is 5.91 Å². The molecule has 1 atom stereocenters. The van der Waals surface area contributed by atoms with Crippen molar-refractivity contribution in [2.24, 2.45) is 11.3 Å². The van der Waals surface area contributed by atoms with Gasteiger partial charge in [0.2, 0.25) is 0 Å². The van der Waals surface area contributed by atoms with E-state index in [0.29, 0.717) is 23.7 Å². The Kier molecular flexibility index (Phi) is 4.87. The van der Waals surface area contributed by atoms with Crippen LogP contribution in [0.25, 0.3) is 11.3 Å². The molecule has 31 heavy (non-hydrogen) atoms. The SMILES string of the molecule is CC(C)Cn1cnnc1C1CN(C(=O)c2cn[nH]c2-c2ccc(F)cc2)CC12CCC2. The molecule has 1 saturated carbocycles. The van der Waals surface area contributed by atoms with Gasteiger partial charge in [-0.1, -0.05) is 20.3 Å². The fraction of sp³-hybridized carbons (Fsp3) is 0.478. The Hall–Kier alpha value is -3.03. The summed E-state index contributed by atoms with van der Waals surface area (Å²) in [5, 5.41) is 15.7. The molecular formula is C23H27FN6O. The first kappa shape index (κ1) is 19.9. The minimum Gasteiger partial charge on any atom is -0.337 e. The molecule has 8 heteroatoms. The van der Waals surface area contributed by atoms with Gasteiger partial charge in [-0.05, 0) is 48.4 Å². The lowest BCUT2D eigenvalue weighted by molar-refractivity contribution is 0.0724. The number of nitrogens with zero attached hydrogens (tertiary/aromatic N) is 5. The van der Waals surface area contributed by atoms with Crippen LogP contribution < -0.4 is 0 Å². The molecule has 0 radical (unpaired) electrons. The summed E-state index contributed by atoms with van der Waals surface area (Å²) in [5.41, 5.74) is 1.97. The zero-order valence-electron chi connectivity index (χ0n) is 17.9. The van der Waals surface area contributed by atoms with Crippen LogP contribution in [-0.4, -0.2) is 48.9 Å². The molecule has 3 heterocycles. The zero-order valence-corrected chi connectivity index (χ0v) is 17.9. The first-order valence-corrected chi connectivity index (χ1v) is 10.9. The first-order chi connectivity index (χ1) is 15.0. The summed E-state index contributed by atoms with van der Waals surface area (Å²) in [4.78, 5) is 15.5. The number of nitrogens with one attached hydrogen (secondary N) is 1. The summed E-state index contributed by atoms with van der Waals surface area (Å²) >= 11 is 0. The van der Waals surface area contributed by atoms with Gasteiger partial charge in [-0.25, -0.2) is 4.39 Å². The topological polar surface area (TPSA) is 79.7 Å². The highest BCUT2D eigenvalue weighted by Gasteiger charge is 2.53. The number of hydrogen-bond donors (Lipinski definition) is 1. The number of carbonyl (C=O) groups is 1. The number of H-pyrrole nitrogens is 1. The van der Waals surface area contributed by atoms with Crippen molar-refractivity contribution < 1.29 is 9.18 Å². The maximum Gasteiger partial charge on any atom is 0.257 e. The number of likely N-dealkylation sites (tertiary alicyclic amines) is 1. The lowest BCUT2D eigenvalue weighted by Gasteiger charge is -2.42. The molecule has 162 valence electrons. The third-order valence-corrected chi connectivity index (χ3v) is 6.81. The Morgan fingerprint density at radius 2 is 2.06 bits per heavy atom. The van der Waals surface area contributed by atoms with Gasteiger partial charge < -0.3 is 9.47 Å². The van der Waals surface area contributed by atoms with Crippen LogP contribution in [0, 0.1) is 17.2 Å². The molecule has 7 nitrogen and oxygen atoms in total. The second kappa shape index (κ2) is 7.59. The minimum atomic E-state index is -0.309. The Balaban J connectivity index is 1.43. The fourth-order valence-electron chi connectivity index (χ4n) is 5.14. The number of amides is 1. The summed E-state index contributed by atoms with van der Waals surface area (Å²) in [7, 11) is 0. The van der Waals surface area contributed by atoms with Crippen molar-refractivity contribution in [2.75, 3.05) is 13.1 Å². The van der Waals surface area contributed by atoms with E-state index in [9.17, 15) is 9.18 Å². The second-order valence-electron chi connectivity index (χ2n) is 9.36. The number of rotatable bonds is 5.